The first-order chi connectivity index (χ1) is 14.6. The second kappa shape index (κ2) is 9.11. The molecule has 1 N–H and O–H groups in total. The minimum Gasteiger partial charge on any atom is -0.403 e. The third-order valence-electron chi connectivity index (χ3n) is 5.68. The minimum atomic E-state index is 0.0210. The van der Waals surface area contributed by atoms with Crippen molar-refractivity contribution < 1.29 is 9.21 Å². The molecule has 0 aliphatic carbocycles. The number of nitrogens with one attached hydrogen (secondary N) is 1. The Bertz CT molecular complexity index is 958. The van der Waals surface area contributed by atoms with Crippen molar-refractivity contribution in [2.24, 2.45) is 5.92 Å². The van der Waals surface area contributed by atoms with E-state index in [1.807, 2.05) is 30.3 Å². The van der Waals surface area contributed by atoms with Crippen LogP contribution in [0.5, 0.6) is 0 Å². The van der Waals surface area contributed by atoms with Crippen LogP contribution in [-0.4, -0.2) is 29.2 Å². The van der Waals surface area contributed by atoms with Crippen LogP contribution in [0.3, 0.4) is 0 Å². The highest BCUT2D eigenvalue weighted by atomic mass is 16.4. The van der Waals surface area contributed by atoms with Gasteiger partial charge in [-0.25, -0.2) is 0 Å². The molecule has 1 amide bonds. The fourth-order valence-electron chi connectivity index (χ4n) is 3.73. The monoisotopic (exact) mass is 404 g/mol. The number of rotatable bonds is 6. The molecule has 156 valence electrons. The van der Waals surface area contributed by atoms with Gasteiger partial charge in [0.05, 0.1) is 0 Å². The molecule has 6 nitrogen and oxygen atoms in total. The molecular weight excluding hydrogens is 376 g/mol. The van der Waals surface area contributed by atoms with Gasteiger partial charge in [0.1, 0.15) is 0 Å². The quantitative estimate of drug-likeness (QED) is 0.660. The first kappa shape index (κ1) is 20.1. The summed E-state index contributed by atoms with van der Waals surface area (Å²) in [6.45, 7) is 6.40. The number of aromatic nitrogens is 2. The molecule has 0 saturated carbocycles. The van der Waals surface area contributed by atoms with E-state index in [9.17, 15) is 4.79 Å². The van der Waals surface area contributed by atoms with Crippen LogP contribution in [0.15, 0.2) is 59.0 Å². The summed E-state index contributed by atoms with van der Waals surface area (Å²) in [6.07, 6.45) is 1.56. The molecule has 1 aromatic heterocycles. The van der Waals surface area contributed by atoms with E-state index in [2.05, 4.69) is 58.5 Å². The van der Waals surface area contributed by atoms with Crippen LogP contribution in [-0.2, 0) is 11.3 Å². The topological polar surface area (TPSA) is 71.3 Å². The highest BCUT2D eigenvalue weighted by Crippen LogP contribution is 2.26. The summed E-state index contributed by atoms with van der Waals surface area (Å²) in [6, 6.07) is 18.7. The average Bonchev–Trinajstić information content (AvgIpc) is 3.29. The lowest BCUT2D eigenvalue weighted by Gasteiger charge is -2.29. The molecule has 2 aromatic carbocycles. The maximum atomic E-state index is 12.6. The van der Waals surface area contributed by atoms with Crippen LogP contribution >= 0.6 is 0 Å². The van der Waals surface area contributed by atoms with Gasteiger partial charge in [0.2, 0.25) is 11.8 Å². The predicted octanol–water partition coefficient (Wildman–Crippen LogP) is 4.39. The first-order valence-electron chi connectivity index (χ1n) is 10.6. The van der Waals surface area contributed by atoms with Gasteiger partial charge in [0.15, 0.2) is 0 Å². The number of hydrogen-bond donors (Lipinski definition) is 1. The summed E-state index contributed by atoms with van der Waals surface area (Å²) in [7, 11) is 0. The van der Waals surface area contributed by atoms with Gasteiger partial charge in [-0.15, -0.1) is 5.10 Å². The van der Waals surface area contributed by atoms with Crippen molar-refractivity contribution in [1.29, 1.82) is 0 Å². The molecular formula is C24H28N4O2. The molecule has 30 heavy (non-hydrogen) atoms. The largest absolute Gasteiger partial charge is 0.403 e. The van der Waals surface area contributed by atoms with E-state index >= 15 is 0 Å². The molecule has 1 aliphatic heterocycles. The summed E-state index contributed by atoms with van der Waals surface area (Å²) >= 11 is 0. The van der Waals surface area contributed by atoms with Crippen LogP contribution < -0.4 is 10.2 Å². The Morgan fingerprint density at radius 2 is 1.77 bits per heavy atom. The van der Waals surface area contributed by atoms with Crippen molar-refractivity contribution in [3.63, 3.8) is 0 Å². The van der Waals surface area contributed by atoms with Gasteiger partial charge in [-0.2, -0.15) is 0 Å². The molecule has 3 aromatic rings. The molecule has 4 rings (SSSR count). The molecule has 1 aliphatic rings. The number of carbonyl (C=O) groups is 1. The normalized spacial score (nSPS) is 14.8. The Morgan fingerprint density at radius 3 is 2.43 bits per heavy atom. The van der Waals surface area contributed by atoms with Crippen molar-refractivity contribution in [1.82, 2.24) is 15.5 Å². The number of carbonyl (C=O) groups excluding carboxylic acids is 1. The van der Waals surface area contributed by atoms with Gasteiger partial charge < -0.3 is 14.6 Å². The van der Waals surface area contributed by atoms with Gasteiger partial charge in [-0.1, -0.05) is 61.4 Å². The van der Waals surface area contributed by atoms with Crippen molar-refractivity contribution >= 4 is 11.9 Å². The Morgan fingerprint density at radius 1 is 1.07 bits per heavy atom. The van der Waals surface area contributed by atoms with Crippen LogP contribution in [0.2, 0.25) is 0 Å². The minimum absolute atomic E-state index is 0.0210. The standard InChI is InChI=1S/C24H28N4O2/c1-17(2)19-10-8-18(9-11-19)16-25-22(29)20-12-14-28(15-13-20)24-27-26-23(30-24)21-6-4-3-5-7-21/h3-11,17,20H,12-16H2,1-2H3,(H,25,29). The zero-order valence-electron chi connectivity index (χ0n) is 17.5. The van der Waals surface area contributed by atoms with E-state index < -0.39 is 0 Å². The Kier molecular flexibility index (Phi) is 6.12. The number of anilines is 1. The van der Waals surface area contributed by atoms with Crippen LogP contribution in [0.25, 0.3) is 11.5 Å². The van der Waals surface area contributed by atoms with Gasteiger partial charge in [0.25, 0.3) is 0 Å². The number of hydrogen-bond acceptors (Lipinski definition) is 5. The van der Waals surface area contributed by atoms with Gasteiger partial charge in [0, 0.05) is 31.1 Å². The number of amides is 1. The third-order valence-corrected chi connectivity index (χ3v) is 5.68. The SMILES string of the molecule is CC(C)c1ccc(CNC(=O)C2CCN(c3nnc(-c4ccccc4)o3)CC2)cc1. The van der Waals surface area contributed by atoms with E-state index in [0.29, 0.717) is 24.4 Å². The fourth-order valence-corrected chi connectivity index (χ4v) is 3.73. The lowest BCUT2D eigenvalue weighted by Crippen LogP contribution is -2.40. The second-order valence-corrected chi connectivity index (χ2v) is 8.13. The molecule has 6 heteroatoms. The highest BCUT2D eigenvalue weighted by molar-refractivity contribution is 5.78. The number of nitrogens with zero attached hydrogens (tertiary/aromatic N) is 3. The molecule has 1 saturated heterocycles. The molecule has 0 spiro atoms. The molecule has 0 bridgehead atoms. The van der Waals surface area contributed by atoms with E-state index in [0.717, 1.165) is 37.1 Å². The van der Waals surface area contributed by atoms with Crippen molar-refractivity contribution in [2.75, 3.05) is 18.0 Å². The summed E-state index contributed by atoms with van der Waals surface area (Å²) in [5, 5.41) is 11.4. The molecule has 2 heterocycles. The van der Waals surface area contributed by atoms with Crippen molar-refractivity contribution in [3.8, 4) is 11.5 Å². The Labute approximate surface area is 177 Å². The van der Waals surface area contributed by atoms with E-state index in [1.54, 1.807) is 0 Å². The van der Waals surface area contributed by atoms with E-state index in [-0.39, 0.29) is 11.8 Å². The highest BCUT2D eigenvalue weighted by Gasteiger charge is 2.27. The molecule has 1 fully saturated rings. The van der Waals surface area contributed by atoms with Gasteiger partial charge >= 0.3 is 6.01 Å². The van der Waals surface area contributed by atoms with Gasteiger partial charge in [-0.3, -0.25) is 4.79 Å². The molecule has 0 radical (unpaired) electrons. The third kappa shape index (κ3) is 4.70. The van der Waals surface area contributed by atoms with Crippen LogP contribution in [0.4, 0.5) is 6.01 Å². The summed E-state index contributed by atoms with van der Waals surface area (Å²) in [5.41, 5.74) is 3.35. The fraction of sp³-hybridized carbons (Fsp3) is 0.375. The summed E-state index contributed by atoms with van der Waals surface area (Å²) in [4.78, 5) is 14.7. The van der Waals surface area contributed by atoms with E-state index in [4.69, 9.17) is 4.42 Å². The van der Waals surface area contributed by atoms with Crippen molar-refractivity contribution in [3.05, 3.63) is 65.7 Å². The smallest absolute Gasteiger partial charge is 0.318 e. The number of benzene rings is 2. The molecule has 0 unspecified atom stereocenters. The van der Waals surface area contributed by atoms with Crippen LogP contribution in [0, 0.1) is 5.92 Å². The zero-order valence-corrected chi connectivity index (χ0v) is 17.5. The number of piperidine rings is 1. The maximum absolute atomic E-state index is 12.6. The van der Waals surface area contributed by atoms with Crippen LogP contribution in [0.1, 0.15) is 43.7 Å². The Balaban J connectivity index is 1.27. The summed E-state index contributed by atoms with van der Waals surface area (Å²) in [5.74, 6) is 1.18. The first-order valence-corrected chi connectivity index (χ1v) is 10.6. The molecule has 0 atom stereocenters. The van der Waals surface area contributed by atoms with Crippen molar-refractivity contribution in [2.45, 2.75) is 39.2 Å². The Hall–Kier alpha value is -3.15. The zero-order chi connectivity index (χ0) is 20.9. The predicted molar refractivity (Wildman–Crippen MR) is 117 cm³/mol. The lowest BCUT2D eigenvalue weighted by atomic mass is 9.96. The second-order valence-electron chi connectivity index (χ2n) is 8.13. The average molecular weight is 405 g/mol. The summed E-state index contributed by atoms with van der Waals surface area (Å²) < 4.78 is 5.84. The lowest BCUT2D eigenvalue weighted by molar-refractivity contribution is -0.125. The van der Waals surface area contributed by atoms with Gasteiger partial charge in [-0.05, 0) is 42.0 Å². The van der Waals surface area contributed by atoms with E-state index in [1.165, 1.54) is 5.56 Å². The maximum Gasteiger partial charge on any atom is 0.318 e.